The van der Waals surface area contributed by atoms with Crippen LogP contribution in [0.4, 0.5) is 4.79 Å². The van der Waals surface area contributed by atoms with Crippen molar-refractivity contribution in [2.24, 2.45) is 0 Å². The molecule has 1 aliphatic rings. The molecular weight excluding hydrogens is 286 g/mol. The summed E-state index contributed by atoms with van der Waals surface area (Å²) in [5.41, 5.74) is 0.434. The van der Waals surface area contributed by atoms with Gasteiger partial charge in [0, 0.05) is 25.5 Å². The minimum Gasteiger partial charge on any atom is -0.478 e. The molecule has 0 fully saturated rings. The third-order valence-electron chi connectivity index (χ3n) is 3.05. The molecule has 0 aromatic carbocycles. The van der Waals surface area contributed by atoms with Crippen molar-refractivity contribution >= 4 is 17.6 Å². The summed E-state index contributed by atoms with van der Waals surface area (Å²) in [7, 11) is 0. The van der Waals surface area contributed by atoms with Gasteiger partial charge in [-0.2, -0.15) is 0 Å². The highest BCUT2D eigenvalue weighted by Crippen LogP contribution is 2.20. The summed E-state index contributed by atoms with van der Waals surface area (Å²) in [6.07, 6.45) is 4.69. The van der Waals surface area contributed by atoms with E-state index < -0.39 is 11.6 Å². The normalized spacial score (nSPS) is 15.2. The summed E-state index contributed by atoms with van der Waals surface area (Å²) in [5.74, 6) is -0.561. The third-order valence-corrected chi connectivity index (χ3v) is 3.05. The van der Waals surface area contributed by atoms with Gasteiger partial charge in [0.2, 0.25) is 0 Å². The van der Waals surface area contributed by atoms with Gasteiger partial charge in [0.15, 0.2) is 5.82 Å². The fourth-order valence-corrected chi connectivity index (χ4v) is 1.97. The molecule has 0 radical (unpaired) electrons. The minimum atomic E-state index is -1.06. The molecule has 0 unspecified atom stereocenters. The van der Waals surface area contributed by atoms with Crippen LogP contribution in [-0.2, 0) is 4.74 Å². The molecule has 7 heteroatoms. The van der Waals surface area contributed by atoms with E-state index in [0.717, 1.165) is 5.57 Å². The Labute approximate surface area is 128 Å². The molecule has 0 bridgehead atoms. The maximum atomic E-state index is 12.0. The van der Waals surface area contributed by atoms with Crippen LogP contribution in [0, 0.1) is 0 Å². The third kappa shape index (κ3) is 4.03. The molecule has 0 spiro atoms. The van der Waals surface area contributed by atoms with E-state index in [-0.39, 0.29) is 11.7 Å². The zero-order chi connectivity index (χ0) is 16.3. The van der Waals surface area contributed by atoms with Gasteiger partial charge in [-0.15, -0.1) is 0 Å². The van der Waals surface area contributed by atoms with Gasteiger partial charge in [0.25, 0.3) is 0 Å². The van der Waals surface area contributed by atoms with E-state index >= 15 is 0 Å². The van der Waals surface area contributed by atoms with Crippen LogP contribution in [0.1, 0.15) is 43.4 Å². The van der Waals surface area contributed by atoms with Gasteiger partial charge in [-0.05, 0) is 32.8 Å². The van der Waals surface area contributed by atoms with E-state index in [2.05, 4.69) is 9.97 Å². The summed E-state index contributed by atoms with van der Waals surface area (Å²) in [4.78, 5) is 32.4. The molecule has 1 aromatic rings. The number of rotatable bonds is 2. The number of hydrogen-bond donors (Lipinski definition) is 1. The topological polar surface area (TPSA) is 92.6 Å². The molecule has 0 atom stereocenters. The number of nitrogens with zero attached hydrogens (tertiary/aromatic N) is 3. The fraction of sp³-hybridized carbons (Fsp3) is 0.467. The second-order valence-electron chi connectivity index (χ2n) is 6.01. The Morgan fingerprint density at radius 3 is 2.36 bits per heavy atom. The standard InChI is InChI=1S/C15H19N3O4/c1-15(2,3)22-14(21)18-6-4-10(5-7-18)12-16-8-11(9-17-12)13(19)20/h4,8-9H,5-7H2,1-3H3,(H,19,20). The van der Waals surface area contributed by atoms with E-state index in [1.807, 2.05) is 26.8 Å². The number of ether oxygens (including phenoxy) is 1. The van der Waals surface area contributed by atoms with Crippen molar-refractivity contribution in [1.29, 1.82) is 0 Å². The first-order valence-corrected chi connectivity index (χ1v) is 6.99. The number of carbonyl (C=O) groups is 2. The van der Waals surface area contributed by atoms with Gasteiger partial charge in [-0.25, -0.2) is 19.6 Å². The van der Waals surface area contributed by atoms with Gasteiger partial charge >= 0.3 is 12.1 Å². The number of amides is 1. The Hall–Kier alpha value is -2.44. The molecule has 1 aliphatic heterocycles. The number of carboxylic acids is 1. The van der Waals surface area contributed by atoms with E-state index in [0.29, 0.717) is 25.3 Å². The Balaban J connectivity index is 2.02. The highest BCUT2D eigenvalue weighted by Gasteiger charge is 2.24. The molecule has 0 saturated carbocycles. The molecule has 1 aromatic heterocycles. The second kappa shape index (κ2) is 6.13. The lowest BCUT2D eigenvalue weighted by Gasteiger charge is -2.29. The van der Waals surface area contributed by atoms with Crippen molar-refractivity contribution < 1.29 is 19.4 Å². The largest absolute Gasteiger partial charge is 0.478 e. The average Bonchev–Trinajstić information content (AvgIpc) is 2.46. The van der Waals surface area contributed by atoms with Crippen LogP contribution in [0.3, 0.4) is 0 Å². The SMILES string of the molecule is CC(C)(C)OC(=O)N1CC=C(c2ncc(C(=O)O)cn2)CC1. The summed E-state index contributed by atoms with van der Waals surface area (Å²) in [6, 6.07) is 0. The molecule has 1 N–H and O–H groups in total. The predicted octanol–water partition coefficient (Wildman–Crippen LogP) is 2.20. The summed E-state index contributed by atoms with van der Waals surface area (Å²) in [6.45, 7) is 6.43. The number of aromatic nitrogens is 2. The number of carboxylic acid groups (broad SMARTS) is 1. The first-order chi connectivity index (χ1) is 10.3. The highest BCUT2D eigenvalue weighted by atomic mass is 16.6. The smallest absolute Gasteiger partial charge is 0.410 e. The van der Waals surface area contributed by atoms with E-state index in [1.165, 1.54) is 12.4 Å². The first-order valence-electron chi connectivity index (χ1n) is 6.99. The second-order valence-corrected chi connectivity index (χ2v) is 6.01. The fourth-order valence-electron chi connectivity index (χ4n) is 1.97. The van der Waals surface area contributed by atoms with Gasteiger partial charge in [-0.3, -0.25) is 0 Å². The van der Waals surface area contributed by atoms with Crippen molar-refractivity contribution in [1.82, 2.24) is 14.9 Å². The van der Waals surface area contributed by atoms with Crippen LogP contribution in [-0.4, -0.2) is 50.7 Å². The Kier molecular flexibility index (Phi) is 4.44. The van der Waals surface area contributed by atoms with Gasteiger partial charge in [0.05, 0.1) is 5.56 Å². The molecule has 22 heavy (non-hydrogen) atoms. The molecule has 2 rings (SSSR count). The molecule has 118 valence electrons. The average molecular weight is 305 g/mol. The summed E-state index contributed by atoms with van der Waals surface area (Å²) >= 11 is 0. The van der Waals surface area contributed by atoms with Crippen LogP contribution in [0.5, 0.6) is 0 Å². The Bertz CT molecular complexity index is 602. The van der Waals surface area contributed by atoms with E-state index in [9.17, 15) is 9.59 Å². The van der Waals surface area contributed by atoms with Gasteiger partial charge in [0.1, 0.15) is 5.60 Å². The Morgan fingerprint density at radius 1 is 1.27 bits per heavy atom. The maximum Gasteiger partial charge on any atom is 0.410 e. The summed E-state index contributed by atoms with van der Waals surface area (Å²) < 4.78 is 5.32. The summed E-state index contributed by atoms with van der Waals surface area (Å²) in [5, 5.41) is 8.82. The number of hydrogen-bond acceptors (Lipinski definition) is 5. The van der Waals surface area contributed by atoms with Crippen LogP contribution < -0.4 is 0 Å². The van der Waals surface area contributed by atoms with Crippen molar-refractivity contribution in [3.05, 3.63) is 29.9 Å². The van der Waals surface area contributed by atoms with E-state index in [1.54, 1.807) is 4.90 Å². The highest BCUT2D eigenvalue weighted by molar-refractivity contribution is 5.86. The zero-order valence-electron chi connectivity index (χ0n) is 12.9. The minimum absolute atomic E-state index is 0.0514. The van der Waals surface area contributed by atoms with Crippen LogP contribution in [0.2, 0.25) is 0 Å². The van der Waals surface area contributed by atoms with E-state index in [4.69, 9.17) is 9.84 Å². The lowest BCUT2D eigenvalue weighted by molar-refractivity contribution is 0.0270. The molecule has 0 aliphatic carbocycles. The number of carbonyl (C=O) groups excluding carboxylic acids is 1. The molecular formula is C15H19N3O4. The number of aromatic carboxylic acids is 1. The lowest BCUT2D eigenvalue weighted by Crippen LogP contribution is -2.39. The predicted molar refractivity (Wildman–Crippen MR) is 79.4 cm³/mol. The van der Waals surface area contributed by atoms with Crippen LogP contribution in [0.15, 0.2) is 18.5 Å². The van der Waals surface area contributed by atoms with Gasteiger partial charge < -0.3 is 14.7 Å². The Morgan fingerprint density at radius 2 is 1.91 bits per heavy atom. The molecule has 2 heterocycles. The van der Waals surface area contributed by atoms with Crippen molar-refractivity contribution in [3.8, 4) is 0 Å². The molecule has 0 saturated heterocycles. The maximum absolute atomic E-state index is 12.0. The lowest BCUT2D eigenvalue weighted by atomic mass is 10.1. The molecule has 1 amide bonds. The quantitative estimate of drug-likeness (QED) is 0.900. The van der Waals surface area contributed by atoms with Gasteiger partial charge in [-0.1, -0.05) is 6.08 Å². The molecule has 7 nitrogen and oxygen atoms in total. The monoisotopic (exact) mass is 305 g/mol. The van der Waals surface area contributed by atoms with Crippen molar-refractivity contribution in [2.45, 2.75) is 32.8 Å². The first kappa shape index (κ1) is 15.9. The van der Waals surface area contributed by atoms with Crippen LogP contribution in [0.25, 0.3) is 5.57 Å². The zero-order valence-corrected chi connectivity index (χ0v) is 12.9. The van der Waals surface area contributed by atoms with Crippen LogP contribution >= 0.6 is 0 Å². The van der Waals surface area contributed by atoms with Crippen molar-refractivity contribution in [3.63, 3.8) is 0 Å². The van der Waals surface area contributed by atoms with Crippen molar-refractivity contribution in [2.75, 3.05) is 13.1 Å².